The zero-order chi connectivity index (χ0) is 19.8. The molecule has 1 aromatic heterocycles. The van der Waals surface area contributed by atoms with Gasteiger partial charge in [0, 0.05) is 12.1 Å². The number of aliphatic hydroxyl groups is 1. The van der Waals surface area contributed by atoms with Crippen molar-refractivity contribution in [2.45, 2.75) is 39.5 Å². The van der Waals surface area contributed by atoms with Crippen LogP contribution in [0.25, 0.3) is 0 Å². The van der Waals surface area contributed by atoms with Gasteiger partial charge in [0.05, 0.1) is 17.7 Å². The van der Waals surface area contributed by atoms with Crippen LogP contribution in [-0.4, -0.2) is 39.7 Å². The molecule has 0 saturated carbocycles. The molecule has 4 rings (SSSR count). The molecule has 1 saturated heterocycles. The van der Waals surface area contributed by atoms with Crippen molar-refractivity contribution >= 4 is 29.3 Å². The lowest BCUT2D eigenvalue weighted by Crippen LogP contribution is -2.54. The standard InChI is InChI=1S/C19H17N3O6.CH4/c23-9-11-5-4-10(28-11)8-20-13-3-1-2-12-16(13)19(27)22(18(12)26)14-6-7-15(24)21-17(14)25;/h1-5,14,20,23H,6-9H2,(H,21,24,25);1H4. The first-order chi connectivity index (χ1) is 13.5. The molecule has 0 aliphatic carbocycles. The van der Waals surface area contributed by atoms with E-state index in [4.69, 9.17) is 9.52 Å². The first-order valence-corrected chi connectivity index (χ1v) is 8.76. The summed E-state index contributed by atoms with van der Waals surface area (Å²) in [5.41, 5.74) is 0.828. The van der Waals surface area contributed by atoms with Crippen molar-refractivity contribution in [1.82, 2.24) is 10.2 Å². The Labute approximate surface area is 166 Å². The van der Waals surface area contributed by atoms with Gasteiger partial charge in [0.1, 0.15) is 24.2 Å². The largest absolute Gasteiger partial charge is 0.462 e. The number of amides is 4. The highest BCUT2D eigenvalue weighted by Crippen LogP contribution is 2.32. The van der Waals surface area contributed by atoms with Crippen LogP contribution in [0.4, 0.5) is 5.69 Å². The molecule has 3 N–H and O–H groups in total. The van der Waals surface area contributed by atoms with E-state index in [1.807, 2.05) is 0 Å². The third kappa shape index (κ3) is 3.52. The number of nitrogens with zero attached hydrogens (tertiary/aromatic N) is 1. The maximum absolute atomic E-state index is 13.0. The van der Waals surface area contributed by atoms with Gasteiger partial charge < -0.3 is 14.8 Å². The minimum atomic E-state index is -1.00. The zero-order valence-corrected chi connectivity index (χ0v) is 14.7. The Balaban J connectivity index is 0.00000240. The summed E-state index contributed by atoms with van der Waals surface area (Å²) in [5.74, 6) is -1.22. The van der Waals surface area contributed by atoms with Crippen LogP contribution >= 0.6 is 0 Å². The molecule has 4 amide bonds. The molecule has 29 heavy (non-hydrogen) atoms. The second-order valence-corrected chi connectivity index (χ2v) is 6.56. The lowest BCUT2D eigenvalue weighted by Gasteiger charge is -2.27. The summed E-state index contributed by atoms with van der Waals surface area (Å²) in [6, 6.07) is 7.17. The average molecular weight is 399 g/mol. The number of carbonyl (C=O) groups excluding carboxylic acids is 4. The summed E-state index contributed by atoms with van der Waals surface area (Å²) >= 11 is 0. The number of rotatable bonds is 5. The van der Waals surface area contributed by atoms with E-state index in [9.17, 15) is 19.2 Å². The van der Waals surface area contributed by atoms with E-state index >= 15 is 0 Å². The lowest BCUT2D eigenvalue weighted by molar-refractivity contribution is -0.136. The third-order valence-corrected chi connectivity index (χ3v) is 4.79. The number of nitrogens with one attached hydrogen (secondary N) is 2. The number of imide groups is 2. The molecule has 1 atom stereocenters. The number of hydrogen-bond acceptors (Lipinski definition) is 7. The Bertz CT molecular complexity index is 996. The number of anilines is 1. The lowest BCUT2D eigenvalue weighted by atomic mass is 10.0. The third-order valence-electron chi connectivity index (χ3n) is 4.79. The quantitative estimate of drug-likeness (QED) is 0.649. The highest BCUT2D eigenvalue weighted by molar-refractivity contribution is 6.25. The Morgan fingerprint density at radius 3 is 2.55 bits per heavy atom. The maximum atomic E-state index is 13.0. The molecule has 2 aromatic rings. The van der Waals surface area contributed by atoms with E-state index < -0.39 is 29.7 Å². The van der Waals surface area contributed by atoms with E-state index in [1.54, 1.807) is 24.3 Å². The van der Waals surface area contributed by atoms with Crippen LogP contribution in [-0.2, 0) is 22.7 Å². The Morgan fingerprint density at radius 2 is 1.86 bits per heavy atom. The topological polar surface area (TPSA) is 129 Å². The molecular weight excluding hydrogens is 378 g/mol. The number of benzene rings is 1. The van der Waals surface area contributed by atoms with Crippen molar-refractivity contribution < 1.29 is 28.7 Å². The van der Waals surface area contributed by atoms with Gasteiger partial charge in [-0.05, 0) is 30.7 Å². The number of piperidine rings is 1. The summed E-state index contributed by atoms with van der Waals surface area (Å²) in [7, 11) is 0. The first kappa shape index (κ1) is 20.3. The van der Waals surface area contributed by atoms with Crippen molar-refractivity contribution in [3.8, 4) is 0 Å². The van der Waals surface area contributed by atoms with Crippen LogP contribution < -0.4 is 10.6 Å². The predicted octanol–water partition coefficient (Wildman–Crippen LogP) is 1.42. The van der Waals surface area contributed by atoms with Crippen LogP contribution in [0.5, 0.6) is 0 Å². The van der Waals surface area contributed by atoms with Gasteiger partial charge in [-0.3, -0.25) is 29.4 Å². The summed E-state index contributed by atoms with van der Waals surface area (Å²) in [4.78, 5) is 50.1. The van der Waals surface area contributed by atoms with Gasteiger partial charge in [-0.25, -0.2) is 0 Å². The van der Waals surface area contributed by atoms with Gasteiger partial charge >= 0.3 is 0 Å². The molecule has 152 valence electrons. The highest BCUT2D eigenvalue weighted by atomic mass is 16.4. The monoisotopic (exact) mass is 399 g/mol. The second kappa shape index (κ2) is 7.88. The molecule has 1 unspecified atom stereocenters. The minimum Gasteiger partial charge on any atom is -0.462 e. The van der Waals surface area contributed by atoms with E-state index in [1.165, 1.54) is 6.07 Å². The smallest absolute Gasteiger partial charge is 0.264 e. The van der Waals surface area contributed by atoms with E-state index in [0.717, 1.165) is 4.90 Å². The molecule has 2 aliphatic rings. The van der Waals surface area contributed by atoms with Gasteiger partial charge in [0.2, 0.25) is 11.8 Å². The molecule has 1 aromatic carbocycles. The van der Waals surface area contributed by atoms with Crippen molar-refractivity contribution in [3.63, 3.8) is 0 Å². The van der Waals surface area contributed by atoms with Crippen LogP contribution in [0, 0.1) is 0 Å². The van der Waals surface area contributed by atoms with Crippen molar-refractivity contribution in [2.24, 2.45) is 0 Å². The van der Waals surface area contributed by atoms with E-state index in [0.29, 0.717) is 17.2 Å². The molecule has 2 aliphatic heterocycles. The molecule has 1 fully saturated rings. The first-order valence-electron chi connectivity index (χ1n) is 8.76. The van der Waals surface area contributed by atoms with Gasteiger partial charge in [-0.15, -0.1) is 0 Å². The highest BCUT2D eigenvalue weighted by Gasteiger charge is 2.45. The molecule has 0 bridgehead atoms. The van der Waals surface area contributed by atoms with Crippen molar-refractivity contribution in [2.75, 3.05) is 5.32 Å². The van der Waals surface area contributed by atoms with Crippen LogP contribution in [0.1, 0.15) is 52.5 Å². The number of fused-ring (bicyclic) bond motifs is 1. The van der Waals surface area contributed by atoms with Crippen LogP contribution in [0.2, 0.25) is 0 Å². The van der Waals surface area contributed by atoms with E-state index in [-0.39, 0.29) is 44.5 Å². The molecule has 0 spiro atoms. The minimum absolute atomic E-state index is 0. The summed E-state index contributed by atoms with van der Waals surface area (Å²) in [5, 5.41) is 14.3. The number of hydrogen-bond donors (Lipinski definition) is 3. The maximum Gasteiger partial charge on any atom is 0.264 e. The SMILES string of the molecule is C.O=C1CCC(N2C(=O)c3cccc(NCc4ccc(CO)o4)c3C2=O)C(=O)N1. The van der Waals surface area contributed by atoms with Gasteiger partial charge in [0.15, 0.2) is 0 Å². The fourth-order valence-electron chi connectivity index (χ4n) is 3.45. The van der Waals surface area contributed by atoms with E-state index in [2.05, 4.69) is 10.6 Å². The average Bonchev–Trinajstić information content (AvgIpc) is 3.24. The summed E-state index contributed by atoms with van der Waals surface area (Å²) < 4.78 is 5.40. The number of aliphatic hydroxyl groups excluding tert-OH is 1. The number of furan rings is 1. The summed E-state index contributed by atoms with van der Waals surface area (Å²) in [6.45, 7) is 0.0327. The molecule has 0 radical (unpaired) electrons. The van der Waals surface area contributed by atoms with Gasteiger partial charge in [0.25, 0.3) is 11.8 Å². The fourth-order valence-corrected chi connectivity index (χ4v) is 3.45. The van der Waals surface area contributed by atoms with Crippen molar-refractivity contribution in [1.29, 1.82) is 0 Å². The van der Waals surface area contributed by atoms with Crippen LogP contribution in [0.3, 0.4) is 0 Å². The molecular formula is C20H21N3O6. The molecule has 9 nitrogen and oxygen atoms in total. The Kier molecular flexibility index (Phi) is 5.51. The van der Waals surface area contributed by atoms with Gasteiger partial charge in [-0.2, -0.15) is 0 Å². The predicted molar refractivity (Wildman–Crippen MR) is 102 cm³/mol. The summed E-state index contributed by atoms with van der Waals surface area (Å²) in [6.07, 6.45) is 0.176. The zero-order valence-electron chi connectivity index (χ0n) is 14.7. The Morgan fingerprint density at radius 1 is 1.10 bits per heavy atom. The fraction of sp³-hybridized carbons (Fsp3) is 0.300. The molecule has 3 heterocycles. The van der Waals surface area contributed by atoms with Crippen molar-refractivity contribution in [3.05, 3.63) is 53.0 Å². The number of carbonyl (C=O) groups is 4. The van der Waals surface area contributed by atoms with Gasteiger partial charge in [-0.1, -0.05) is 13.5 Å². The second-order valence-electron chi connectivity index (χ2n) is 6.56. The Hall–Kier alpha value is -3.46. The van der Waals surface area contributed by atoms with Crippen LogP contribution in [0.15, 0.2) is 34.7 Å². The molecule has 9 heteroatoms. The normalized spacial score (nSPS) is 18.4.